The van der Waals surface area contributed by atoms with Gasteiger partial charge in [-0.25, -0.2) is 25.3 Å². The van der Waals surface area contributed by atoms with Crippen LogP contribution >= 0.6 is 0 Å². The summed E-state index contributed by atoms with van der Waals surface area (Å²) >= 11 is 0. The van der Waals surface area contributed by atoms with Gasteiger partial charge in [-0.2, -0.15) is 31.6 Å². The van der Waals surface area contributed by atoms with E-state index in [-0.39, 0.29) is 72.0 Å². The minimum atomic E-state index is -4.47. The van der Waals surface area contributed by atoms with Crippen LogP contribution < -0.4 is 0 Å². The smallest absolute Gasteiger partial charge is 0.188 e. The zero-order valence-electron chi connectivity index (χ0n) is 41.7. The van der Waals surface area contributed by atoms with Crippen LogP contribution in [0.3, 0.4) is 0 Å². The van der Waals surface area contributed by atoms with E-state index in [9.17, 15) is 56.8 Å². The fourth-order valence-corrected chi connectivity index (χ4v) is 16.1. The highest BCUT2D eigenvalue weighted by Crippen LogP contribution is 2.48. The molecule has 0 saturated carbocycles. The first kappa shape index (κ1) is 54.0. The average molecular weight is 1010 g/mol. The molecular weight excluding hydrogens is 943 g/mol. The van der Waals surface area contributed by atoms with Gasteiger partial charge in [0.15, 0.2) is 29.5 Å². The highest BCUT2D eigenvalue weighted by Gasteiger charge is 2.42. The SMILES string of the molecule is CC1(C)CC(N2CCCC2)=C(C#N)/C(=C(\C#N)S(=O)(=O)CCC(CCS(=O)(=O)/C(C#N)=C2\CC(C)(C)CC(N3CCCC3)=C2C#N)CCS(=O)(=O)/C(C#N)=C2\CC(C)(C)CC(N3CCCC3)=C2C#N)C1. The molecule has 0 aromatic heterocycles. The van der Waals surface area contributed by atoms with Gasteiger partial charge in [-0.3, -0.25) is 0 Å². The van der Waals surface area contributed by atoms with Crippen molar-refractivity contribution in [3.8, 4) is 36.4 Å². The molecule has 70 heavy (non-hydrogen) atoms. The van der Waals surface area contributed by atoms with Crippen molar-refractivity contribution < 1.29 is 25.3 Å². The Hall–Kier alpha value is -5.37. The molecule has 0 aromatic rings. The summed E-state index contributed by atoms with van der Waals surface area (Å²) in [6.07, 6.45) is 6.65. The topological polar surface area (TPSA) is 255 Å². The number of nitrogens with zero attached hydrogens (tertiary/aromatic N) is 9. The van der Waals surface area contributed by atoms with Crippen molar-refractivity contribution in [2.24, 2.45) is 22.2 Å². The first-order chi connectivity index (χ1) is 32.9. The fraction of sp³-hybridized carbons (Fsp3) is 0.654. The Labute approximate surface area is 417 Å². The standard InChI is InChI=1S/C52H67N9O6S3/c1-50(2)25-38(41(31-53)44(28-50)59-16-7-8-17-59)47(34-56)68(62,63)22-13-37(14-23-69(64,65)48(35-57)39-26-51(3,4)29-45(42(39)32-54)60-18-9-10-19-60)15-24-70(66,67)49(36-58)40-27-52(5,6)30-46(43(40)33-55)61-20-11-12-21-61/h37H,7-30H2,1-6H3/b47-38+,48-39+,49-40+. The van der Waals surface area contributed by atoms with Crippen LogP contribution in [0.4, 0.5) is 0 Å². The van der Waals surface area contributed by atoms with Gasteiger partial charge in [-0.1, -0.05) is 41.5 Å². The quantitative estimate of drug-likeness (QED) is 0.140. The molecule has 3 fully saturated rings. The summed E-state index contributed by atoms with van der Waals surface area (Å²) in [7, 11) is -13.4. The molecule has 15 nitrogen and oxygen atoms in total. The second kappa shape index (κ2) is 21.2. The third kappa shape index (κ3) is 11.9. The molecule has 0 N–H and O–H groups in total. The van der Waals surface area contributed by atoms with Crippen LogP contribution in [-0.2, 0) is 29.5 Å². The molecule has 3 aliphatic heterocycles. The van der Waals surface area contributed by atoms with Crippen LogP contribution in [-0.4, -0.2) is 96.5 Å². The molecular formula is C52H67N9O6S3. The minimum absolute atomic E-state index is 0.135. The summed E-state index contributed by atoms with van der Waals surface area (Å²) < 4.78 is 86.9. The third-order valence-electron chi connectivity index (χ3n) is 14.9. The van der Waals surface area contributed by atoms with Crippen molar-refractivity contribution in [1.29, 1.82) is 31.6 Å². The monoisotopic (exact) mass is 1010 g/mol. The van der Waals surface area contributed by atoms with E-state index in [2.05, 4.69) is 32.9 Å². The van der Waals surface area contributed by atoms with Crippen molar-refractivity contribution in [1.82, 2.24) is 14.7 Å². The van der Waals surface area contributed by atoms with E-state index < -0.39 is 83.6 Å². The summed E-state index contributed by atoms with van der Waals surface area (Å²) in [5.41, 5.74) is 1.57. The third-order valence-corrected chi connectivity index (χ3v) is 20.1. The Kier molecular flexibility index (Phi) is 16.3. The van der Waals surface area contributed by atoms with Gasteiger partial charge in [0.25, 0.3) is 0 Å². The van der Waals surface area contributed by atoms with Crippen molar-refractivity contribution >= 4 is 29.5 Å². The van der Waals surface area contributed by atoms with Crippen LogP contribution in [0.25, 0.3) is 0 Å². The number of allylic oxidation sites excluding steroid dienone is 12. The van der Waals surface area contributed by atoms with Gasteiger partial charge in [0, 0.05) is 73.1 Å². The van der Waals surface area contributed by atoms with Crippen molar-refractivity contribution in [2.75, 3.05) is 56.5 Å². The number of sulfone groups is 3. The molecule has 0 bridgehead atoms. The first-order valence-corrected chi connectivity index (χ1v) is 29.6. The molecule has 0 radical (unpaired) electrons. The molecule has 0 unspecified atom stereocenters. The van der Waals surface area contributed by atoms with Crippen LogP contribution in [0.5, 0.6) is 0 Å². The van der Waals surface area contributed by atoms with Crippen molar-refractivity contribution in [3.63, 3.8) is 0 Å². The van der Waals surface area contributed by atoms with Gasteiger partial charge in [-0.15, -0.1) is 0 Å². The largest absolute Gasteiger partial charge is 0.374 e. The summed E-state index contributed by atoms with van der Waals surface area (Å²) in [6.45, 7) is 16.0. The highest BCUT2D eigenvalue weighted by atomic mass is 32.2. The molecule has 3 saturated heterocycles. The Balaban J connectivity index is 1.39. The number of hydrogen-bond donors (Lipinski definition) is 0. The molecule has 3 heterocycles. The highest BCUT2D eigenvalue weighted by molar-refractivity contribution is 7.96. The second-order valence-corrected chi connectivity index (χ2v) is 28.5. The zero-order chi connectivity index (χ0) is 51.5. The lowest BCUT2D eigenvalue weighted by atomic mass is 9.73. The Bertz CT molecular complexity index is 2630. The van der Waals surface area contributed by atoms with Crippen molar-refractivity contribution in [3.05, 3.63) is 65.2 Å². The maximum Gasteiger partial charge on any atom is 0.188 e. The van der Waals surface area contributed by atoms with E-state index in [1.165, 1.54) is 0 Å². The molecule has 374 valence electrons. The molecule has 0 amide bonds. The van der Waals surface area contributed by atoms with E-state index in [4.69, 9.17) is 0 Å². The van der Waals surface area contributed by atoms with Gasteiger partial charge >= 0.3 is 0 Å². The van der Waals surface area contributed by atoms with Gasteiger partial charge in [-0.05, 0) is 118 Å². The molecule has 0 spiro atoms. The van der Waals surface area contributed by atoms with Crippen LogP contribution in [0.15, 0.2) is 65.2 Å². The molecule has 6 rings (SSSR count). The number of likely N-dealkylation sites (tertiary alicyclic amines) is 3. The summed E-state index contributed by atoms with van der Waals surface area (Å²) in [4.78, 5) is 4.61. The Morgan fingerprint density at radius 2 is 0.657 bits per heavy atom. The molecule has 18 heteroatoms. The lowest BCUT2D eigenvalue weighted by Gasteiger charge is -2.37. The Morgan fingerprint density at radius 1 is 0.429 bits per heavy atom. The predicted molar refractivity (Wildman–Crippen MR) is 266 cm³/mol. The fourth-order valence-electron chi connectivity index (χ4n) is 11.5. The van der Waals surface area contributed by atoms with E-state index >= 15 is 0 Å². The lowest BCUT2D eigenvalue weighted by molar-refractivity contribution is 0.287. The maximum absolute atomic E-state index is 14.5. The van der Waals surface area contributed by atoms with Crippen LogP contribution in [0.2, 0.25) is 0 Å². The maximum atomic E-state index is 14.5. The zero-order valence-corrected chi connectivity index (χ0v) is 44.2. The number of nitriles is 6. The molecule has 3 aliphatic carbocycles. The summed E-state index contributed by atoms with van der Waals surface area (Å²) in [5.74, 6) is -2.98. The first-order valence-electron chi connectivity index (χ1n) is 24.6. The predicted octanol–water partition coefficient (Wildman–Crippen LogP) is 8.43. The molecule has 6 aliphatic rings. The normalized spacial score (nSPS) is 23.9. The minimum Gasteiger partial charge on any atom is -0.374 e. The van der Waals surface area contributed by atoms with E-state index in [0.717, 1.165) is 38.5 Å². The Morgan fingerprint density at radius 3 is 0.857 bits per heavy atom. The van der Waals surface area contributed by atoms with Crippen LogP contribution in [0.1, 0.15) is 138 Å². The summed E-state index contributed by atoms with van der Waals surface area (Å²) in [5, 5.41) is 63.1. The number of hydrogen-bond acceptors (Lipinski definition) is 15. The van der Waals surface area contributed by atoms with Gasteiger partial charge < -0.3 is 14.7 Å². The van der Waals surface area contributed by atoms with Gasteiger partial charge in [0.1, 0.15) is 51.1 Å². The van der Waals surface area contributed by atoms with E-state index in [0.29, 0.717) is 75.6 Å². The second-order valence-electron chi connectivity index (χ2n) is 22.4. The molecule has 0 aromatic carbocycles. The van der Waals surface area contributed by atoms with Gasteiger partial charge in [0.2, 0.25) is 0 Å². The van der Waals surface area contributed by atoms with Gasteiger partial charge in [0.05, 0.1) is 34.0 Å². The lowest BCUT2D eigenvalue weighted by Crippen LogP contribution is -2.31. The van der Waals surface area contributed by atoms with Crippen molar-refractivity contribution in [2.45, 2.75) is 138 Å². The summed E-state index contributed by atoms with van der Waals surface area (Å²) in [6, 6.07) is 12.3. The van der Waals surface area contributed by atoms with E-state index in [1.807, 2.05) is 59.8 Å². The molecule has 0 atom stereocenters. The average Bonchev–Trinajstić information content (AvgIpc) is 4.11. The van der Waals surface area contributed by atoms with E-state index in [1.54, 1.807) is 0 Å². The number of rotatable bonds is 15. The van der Waals surface area contributed by atoms with Crippen LogP contribution in [0, 0.1) is 90.1 Å².